The van der Waals surface area contributed by atoms with Crippen LogP contribution in [0.25, 0.3) is 11.1 Å². The highest BCUT2D eigenvalue weighted by atomic mass is 32.2. The van der Waals surface area contributed by atoms with Crippen molar-refractivity contribution in [1.29, 1.82) is 0 Å². The van der Waals surface area contributed by atoms with E-state index in [0.29, 0.717) is 28.9 Å². The average molecular weight is 534 g/mol. The molecule has 0 spiro atoms. The van der Waals surface area contributed by atoms with Gasteiger partial charge < -0.3 is 10.1 Å². The zero-order chi connectivity index (χ0) is 26.8. The van der Waals surface area contributed by atoms with Crippen molar-refractivity contribution in [3.05, 3.63) is 77.4 Å². The number of carbonyl (C=O) groups excluding carboxylic acids is 1. The number of primary sulfonamides is 1. The molecule has 1 saturated heterocycles. The van der Waals surface area contributed by atoms with E-state index in [1.807, 2.05) is 0 Å². The summed E-state index contributed by atoms with van der Waals surface area (Å²) in [4.78, 5) is 15.0. The lowest BCUT2D eigenvalue weighted by Crippen LogP contribution is -2.20. The second kappa shape index (κ2) is 10.5. The molecule has 0 unspecified atom stereocenters. The van der Waals surface area contributed by atoms with Crippen molar-refractivity contribution in [2.45, 2.75) is 37.6 Å². The predicted molar refractivity (Wildman–Crippen MR) is 134 cm³/mol. The standard InChI is InChI=1S/C26H26F3N3O4S/c1-17-14-18(8-11-24(17)37(30,34)35)25(33)31-20-9-10-21(19(15-20)16-32-12-4-5-13-32)22-6-2-3-7-23(22)36-26(27,28)29/h2-3,6-11,14-15H,4-5,12-13,16H2,1H3,(H,31,33)(H2,30,34,35). The van der Waals surface area contributed by atoms with Crippen LogP contribution < -0.4 is 15.2 Å². The first-order valence-electron chi connectivity index (χ1n) is 11.6. The van der Waals surface area contributed by atoms with Gasteiger partial charge in [0.2, 0.25) is 10.0 Å². The van der Waals surface area contributed by atoms with Gasteiger partial charge in [-0.05, 0) is 85.9 Å². The normalized spacial score (nSPS) is 14.5. The molecule has 1 heterocycles. The Kier molecular flexibility index (Phi) is 7.58. The van der Waals surface area contributed by atoms with Crippen LogP contribution in [-0.4, -0.2) is 38.7 Å². The molecule has 1 aliphatic heterocycles. The number of hydrogen-bond acceptors (Lipinski definition) is 5. The molecule has 3 N–H and O–H groups in total. The average Bonchev–Trinajstić information content (AvgIpc) is 3.31. The second-order valence-corrected chi connectivity index (χ2v) is 10.4. The summed E-state index contributed by atoms with van der Waals surface area (Å²) >= 11 is 0. The van der Waals surface area contributed by atoms with Crippen LogP contribution in [0.1, 0.15) is 34.3 Å². The van der Waals surface area contributed by atoms with Crippen LogP contribution in [0, 0.1) is 6.92 Å². The molecule has 196 valence electrons. The molecule has 1 aliphatic rings. The Hall–Kier alpha value is -3.41. The largest absolute Gasteiger partial charge is 0.573 e. The van der Waals surface area contributed by atoms with Crippen LogP contribution in [0.3, 0.4) is 0 Å². The van der Waals surface area contributed by atoms with E-state index in [2.05, 4.69) is 15.0 Å². The Balaban J connectivity index is 1.67. The first kappa shape index (κ1) is 26.6. The third-order valence-corrected chi connectivity index (χ3v) is 7.17. The number of hydrogen-bond donors (Lipinski definition) is 2. The molecule has 0 saturated carbocycles. The number of anilines is 1. The van der Waals surface area contributed by atoms with Crippen molar-refractivity contribution in [1.82, 2.24) is 4.90 Å². The summed E-state index contributed by atoms with van der Waals surface area (Å²) in [5, 5.41) is 7.99. The molecule has 11 heteroatoms. The molecular formula is C26H26F3N3O4S. The van der Waals surface area contributed by atoms with Gasteiger partial charge in [0.1, 0.15) is 5.75 Å². The Morgan fingerprint density at radius 3 is 2.38 bits per heavy atom. The van der Waals surface area contributed by atoms with Crippen molar-refractivity contribution in [3.8, 4) is 16.9 Å². The van der Waals surface area contributed by atoms with Crippen LogP contribution in [0.15, 0.2) is 65.6 Å². The van der Waals surface area contributed by atoms with Crippen LogP contribution in [0.2, 0.25) is 0 Å². The third kappa shape index (κ3) is 6.68. The topological polar surface area (TPSA) is 102 Å². The van der Waals surface area contributed by atoms with Gasteiger partial charge in [-0.3, -0.25) is 9.69 Å². The predicted octanol–water partition coefficient (Wildman–Crippen LogP) is 5.06. The van der Waals surface area contributed by atoms with E-state index < -0.39 is 22.3 Å². The SMILES string of the molecule is Cc1cc(C(=O)Nc2ccc(-c3ccccc3OC(F)(F)F)c(CN3CCCC3)c2)ccc1S(N)(=O)=O. The Morgan fingerprint density at radius 2 is 1.73 bits per heavy atom. The molecular weight excluding hydrogens is 507 g/mol. The number of sulfonamides is 1. The lowest BCUT2D eigenvalue weighted by Gasteiger charge is -2.21. The van der Waals surface area contributed by atoms with E-state index in [9.17, 15) is 26.4 Å². The summed E-state index contributed by atoms with van der Waals surface area (Å²) in [6.07, 6.45) is -2.77. The first-order chi connectivity index (χ1) is 17.4. The number of aryl methyl sites for hydroxylation is 1. The maximum Gasteiger partial charge on any atom is 0.573 e. The van der Waals surface area contributed by atoms with Gasteiger partial charge in [0.15, 0.2) is 0 Å². The fraction of sp³-hybridized carbons (Fsp3) is 0.269. The third-order valence-electron chi connectivity index (χ3n) is 6.10. The minimum atomic E-state index is -4.84. The summed E-state index contributed by atoms with van der Waals surface area (Å²) in [6.45, 7) is 3.76. The summed E-state index contributed by atoms with van der Waals surface area (Å²) in [7, 11) is -3.92. The Bertz CT molecular complexity index is 1420. The molecule has 3 aromatic carbocycles. The fourth-order valence-electron chi connectivity index (χ4n) is 4.46. The molecule has 0 atom stereocenters. The molecule has 37 heavy (non-hydrogen) atoms. The highest BCUT2D eigenvalue weighted by Gasteiger charge is 2.32. The number of likely N-dealkylation sites (tertiary alicyclic amines) is 1. The minimum Gasteiger partial charge on any atom is -0.405 e. The maximum atomic E-state index is 13.0. The van der Waals surface area contributed by atoms with Crippen molar-refractivity contribution in [2.75, 3.05) is 18.4 Å². The first-order valence-corrected chi connectivity index (χ1v) is 13.1. The number of nitrogens with one attached hydrogen (secondary N) is 1. The summed E-state index contributed by atoms with van der Waals surface area (Å²) < 4.78 is 66.7. The monoisotopic (exact) mass is 533 g/mol. The lowest BCUT2D eigenvalue weighted by atomic mass is 9.97. The van der Waals surface area contributed by atoms with Crippen LogP contribution in [0.5, 0.6) is 5.75 Å². The Morgan fingerprint density at radius 1 is 1.03 bits per heavy atom. The minimum absolute atomic E-state index is 0.0685. The van der Waals surface area contributed by atoms with E-state index in [0.717, 1.165) is 31.5 Å². The number of amides is 1. The number of halogens is 3. The number of rotatable bonds is 7. The summed E-state index contributed by atoms with van der Waals surface area (Å²) in [5.41, 5.74) is 2.61. The molecule has 1 fully saturated rings. The molecule has 1 amide bonds. The van der Waals surface area contributed by atoms with Gasteiger partial charge >= 0.3 is 6.36 Å². The zero-order valence-electron chi connectivity index (χ0n) is 20.0. The van der Waals surface area contributed by atoms with Gasteiger partial charge in [0.25, 0.3) is 5.91 Å². The van der Waals surface area contributed by atoms with Crippen molar-refractivity contribution >= 4 is 21.6 Å². The smallest absolute Gasteiger partial charge is 0.405 e. The van der Waals surface area contributed by atoms with Crippen molar-refractivity contribution in [2.24, 2.45) is 5.14 Å². The number of para-hydroxylation sites is 1. The van der Waals surface area contributed by atoms with Gasteiger partial charge in [-0.2, -0.15) is 0 Å². The van der Waals surface area contributed by atoms with E-state index in [1.54, 1.807) is 37.3 Å². The number of nitrogens with zero attached hydrogens (tertiary/aromatic N) is 1. The van der Waals surface area contributed by atoms with E-state index >= 15 is 0 Å². The number of benzene rings is 3. The van der Waals surface area contributed by atoms with Gasteiger partial charge in [0, 0.05) is 23.4 Å². The molecule has 3 aromatic rings. The molecule has 7 nitrogen and oxygen atoms in total. The van der Waals surface area contributed by atoms with Crippen LogP contribution in [-0.2, 0) is 16.6 Å². The van der Waals surface area contributed by atoms with Crippen LogP contribution in [0.4, 0.5) is 18.9 Å². The summed E-state index contributed by atoms with van der Waals surface area (Å²) in [6, 6.07) is 15.0. The van der Waals surface area contributed by atoms with Gasteiger partial charge in [-0.1, -0.05) is 24.3 Å². The number of ether oxygens (including phenoxy) is 1. The van der Waals surface area contributed by atoms with Gasteiger partial charge in [-0.15, -0.1) is 13.2 Å². The van der Waals surface area contributed by atoms with Crippen molar-refractivity contribution in [3.63, 3.8) is 0 Å². The highest BCUT2D eigenvalue weighted by Crippen LogP contribution is 2.37. The molecule has 0 radical (unpaired) electrons. The molecule has 0 bridgehead atoms. The molecule has 4 rings (SSSR count). The highest BCUT2D eigenvalue weighted by molar-refractivity contribution is 7.89. The zero-order valence-corrected chi connectivity index (χ0v) is 20.8. The van der Waals surface area contributed by atoms with Crippen molar-refractivity contribution < 1.29 is 31.1 Å². The number of alkyl halides is 3. The van der Waals surface area contributed by atoms with Gasteiger partial charge in [-0.25, -0.2) is 13.6 Å². The fourth-order valence-corrected chi connectivity index (χ4v) is 5.23. The van der Waals surface area contributed by atoms with E-state index in [-0.39, 0.29) is 16.2 Å². The molecule has 0 aliphatic carbocycles. The number of carbonyl (C=O) groups is 1. The number of nitrogens with two attached hydrogens (primary N) is 1. The summed E-state index contributed by atoms with van der Waals surface area (Å²) in [5.74, 6) is -0.773. The van der Waals surface area contributed by atoms with Gasteiger partial charge in [0.05, 0.1) is 4.90 Å². The van der Waals surface area contributed by atoms with Crippen LogP contribution >= 0.6 is 0 Å². The lowest BCUT2D eigenvalue weighted by molar-refractivity contribution is -0.274. The second-order valence-electron chi connectivity index (χ2n) is 8.88. The van der Waals surface area contributed by atoms with E-state index in [4.69, 9.17) is 5.14 Å². The maximum absolute atomic E-state index is 13.0. The Labute approximate surface area is 213 Å². The quantitative estimate of drug-likeness (QED) is 0.442. The van der Waals surface area contributed by atoms with E-state index in [1.165, 1.54) is 30.3 Å². The molecule has 0 aromatic heterocycles.